The van der Waals surface area contributed by atoms with Crippen molar-refractivity contribution in [3.05, 3.63) is 23.9 Å². The summed E-state index contributed by atoms with van der Waals surface area (Å²) in [6, 6.07) is 7.15. The summed E-state index contributed by atoms with van der Waals surface area (Å²) in [6.45, 7) is 7.23. The molecule has 0 aliphatic carbocycles. The van der Waals surface area contributed by atoms with Crippen LogP contribution < -0.4 is 5.32 Å². The average Bonchev–Trinajstić information content (AvgIpc) is 2.15. The lowest BCUT2D eigenvalue weighted by molar-refractivity contribution is 0.0239. The molecule has 0 atom stereocenters. The minimum Gasteiger partial charge on any atom is -0.388 e. The first-order valence-corrected chi connectivity index (χ1v) is 5.14. The third-order valence-electron chi connectivity index (χ3n) is 2.83. The smallest absolute Gasteiger partial charge is 0.142 e. The topological polar surface area (TPSA) is 68.9 Å². The number of rotatable bonds is 3. The van der Waals surface area contributed by atoms with Gasteiger partial charge >= 0.3 is 0 Å². The van der Waals surface area contributed by atoms with Crippen molar-refractivity contribution in [3.8, 4) is 6.07 Å². The largest absolute Gasteiger partial charge is 0.388 e. The van der Waals surface area contributed by atoms with Gasteiger partial charge in [-0.15, -0.1) is 0 Å². The summed E-state index contributed by atoms with van der Waals surface area (Å²) in [5.74, 6) is 0.589. The predicted octanol–water partition coefficient (Wildman–Crippen LogP) is 1.91. The lowest BCUT2D eigenvalue weighted by atomic mass is 9.86. The maximum absolute atomic E-state index is 9.98. The second kappa shape index (κ2) is 4.11. The summed E-state index contributed by atoms with van der Waals surface area (Å²) in [5, 5.41) is 21.8. The van der Waals surface area contributed by atoms with Gasteiger partial charge in [0.05, 0.1) is 11.1 Å². The Kier molecular flexibility index (Phi) is 3.20. The van der Waals surface area contributed by atoms with Crippen LogP contribution in [0.4, 0.5) is 5.82 Å². The number of hydrogen-bond acceptors (Lipinski definition) is 4. The molecule has 0 amide bonds. The van der Waals surface area contributed by atoms with Crippen molar-refractivity contribution < 1.29 is 5.11 Å². The molecule has 2 N–H and O–H groups in total. The van der Waals surface area contributed by atoms with E-state index in [0.29, 0.717) is 11.5 Å². The van der Waals surface area contributed by atoms with E-state index in [9.17, 15) is 5.11 Å². The number of nitrogens with one attached hydrogen (secondary N) is 1. The third kappa shape index (κ3) is 2.71. The maximum atomic E-state index is 9.98. The Balaban J connectivity index is 2.93. The molecule has 0 bridgehead atoms. The van der Waals surface area contributed by atoms with E-state index in [1.807, 2.05) is 19.9 Å². The van der Waals surface area contributed by atoms with Crippen molar-refractivity contribution >= 4 is 5.82 Å². The molecule has 86 valence electrons. The molecule has 0 saturated carbocycles. The van der Waals surface area contributed by atoms with E-state index in [1.54, 1.807) is 32.0 Å². The molecule has 0 aromatic carbocycles. The summed E-state index contributed by atoms with van der Waals surface area (Å²) in [4.78, 5) is 4.11. The fourth-order valence-electron chi connectivity index (χ4n) is 1.04. The normalized spacial score (nSPS) is 12.0. The van der Waals surface area contributed by atoms with Crippen LogP contribution in [0.2, 0.25) is 0 Å². The minimum absolute atomic E-state index is 0.358. The molecule has 1 aromatic rings. The minimum atomic E-state index is -0.892. The average molecular weight is 219 g/mol. The van der Waals surface area contributed by atoms with Crippen molar-refractivity contribution in [1.82, 2.24) is 4.98 Å². The Morgan fingerprint density at radius 3 is 2.44 bits per heavy atom. The molecule has 0 unspecified atom stereocenters. The zero-order valence-corrected chi connectivity index (χ0v) is 10.1. The zero-order chi connectivity index (χ0) is 12.4. The van der Waals surface area contributed by atoms with E-state index in [4.69, 9.17) is 5.26 Å². The number of nitriles is 1. The first-order chi connectivity index (χ1) is 7.26. The molecule has 0 fully saturated rings. The molecule has 1 rings (SSSR count). The highest BCUT2D eigenvalue weighted by Gasteiger charge is 2.35. The Bertz CT molecular complexity index is 413. The van der Waals surface area contributed by atoms with Gasteiger partial charge in [-0.1, -0.05) is 6.07 Å². The van der Waals surface area contributed by atoms with Gasteiger partial charge in [-0.05, 0) is 39.8 Å². The van der Waals surface area contributed by atoms with Crippen LogP contribution in [0.5, 0.6) is 0 Å². The second-order valence-corrected chi connectivity index (χ2v) is 4.83. The summed E-state index contributed by atoms with van der Waals surface area (Å²) < 4.78 is 0. The van der Waals surface area contributed by atoms with Crippen LogP contribution in [-0.4, -0.2) is 21.2 Å². The summed E-state index contributed by atoms with van der Waals surface area (Å²) in [5.41, 5.74) is -1.07. The van der Waals surface area contributed by atoms with E-state index >= 15 is 0 Å². The molecule has 1 aromatic heterocycles. The number of aromatic nitrogens is 1. The molecule has 4 nitrogen and oxygen atoms in total. The monoisotopic (exact) mass is 219 g/mol. The fraction of sp³-hybridized carbons (Fsp3) is 0.500. The van der Waals surface area contributed by atoms with Gasteiger partial charge in [-0.3, -0.25) is 0 Å². The molecular weight excluding hydrogens is 202 g/mol. The molecule has 1 heterocycles. The lowest BCUT2D eigenvalue weighted by Crippen LogP contribution is -2.51. The maximum Gasteiger partial charge on any atom is 0.142 e. The van der Waals surface area contributed by atoms with Crippen molar-refractivity contribution in [2.75, 3.05) is 5.32 Å². The first kappa shape index (κ1) is 12.5. The third-order valence-corrected chi connectivity index (χ3v) is 2.83. The summed E-state index contributed by atoms with van der Waals surface area (Å²) in [7, 11) is 0. The van der Waals surface area contributed by atoms with Gasteiger partial charge in [0.25, 0.3) is 0 Å². The highest BCUT2D eigenvalue weighted by molar-refractivity contribution is 5.41. The summed E-state index contributed by atoms with van der Waals surface area (Å²) in [6.07, 6.45) is 0. The van der Waals surface area contributed by atoms with Gasteiger partial charge < -0.3 is 10.4 Å². The molecule has 0 aliphatic heterocycles. The van der Waals surface area contributed by atoms with E-state index in [-0.39, 0.29) is 0 Å². The molecule has 4 heteroatoms. The highest BCUT2D eigenvalue weighted by atomic mass is 16.3. The Hall–Kier alpha value is -1.60. The van der Waals surface area contributed by atoms with Crippen LogP contribution in [0.25, 0.3) is 0 Å². The van der Waals surface area contributed by atoms with Crippen LogP contribution >= 0.6 is 0 Å². The highest BCUT2D eigenvalue weighted by Crippen LogP contribution is 2.24. The number of pyridine rings is 1. The van der Waals surface area contributed by atoms with Gasteiger partial charge in [0.2, 0.25) is 0 Å². The Labute approximate surface area is 95.9 Å². The molecule has 0 spiro atoms. The molecule has 16 heavy (non-hydrogen) atoms. The molecule has 0 aliphatic rings. The number of hydrogen-bond donors (Lipinski definition) is 2. The second-order valence-electron chi connectivity index (χ2n) is 4.83. The van der Waals surface area contributed by atoms with Gasteiger partial charge in [0.15, 0.2) is 0 Å². The number of aliphatic hydroxyl groups is 1. The van der Waals surface area contributed by atoms with E-state index < -0.39 is 11.1 Å². The van der Waals surface area contributed by atoms with Crippen molar-refractivity contribution in [1.29, 1.82) is 5.26 Å². The van der Waals surface area contributed by atoms with E-state index in [0.717, 1.165) is 0 Å². The van der Waals surface area contributed by atoms with Crippen molar-refractivity contribution in [3.63, 3.8) is 0 Å². The Morgan fingerprint density at radius 2 is 1.94 bits per heavy atom. The molecule has 0 saturated heterocycles. The van der Waals surface area contributed by atoms with Crippen LogP contribution in [0.3, 0.4) is 0 Å². The summed E-state index contributed by atoms with van der Waals surface area (Å²) >= 11 is 0. The van der Waals surface area contributed by atoms with Gasteiger partial charge in [0, 0.05) is 0 Å². The SMILES string of the molecule is CC(C)(O)C(C)(C)Nc1cccc(C#N)n1. The number of anilines is 1. The van der Waals surface area contributed by atoms with E-state index in [2.05, 4.69) is 10.3 Å². The van der Waals surface area contributed by atoms with Crippen LogP contribution in [0.1, 0.15) is 33.4 Å². The predicted molar refractivity (Wildman–Crippen MR) is 63.0 cm³/mol. The van der Waals surface area contributed by atoms with Gasteiger partial charge in [-0.25, -0.2) is 4.98 Å². The number of nitrogens with zero attached hydrogens (tertiary/aromatic N) is 2. The van der Waals surface area contributed by atoms with Gasteiger partial charge in [0.1, 0.15) is 17.6 Å². The first-order valence-electron chi connectivity index (χ1n) is 5.14. The van der Waals surface area contributed by atoms with Gasteiger partial charge in [-0.2, -0.15) is 5.26 Å². The fourth-order valence-corrected chi connectivity index (χ4v) is 1.04. The zero-order valence-electron chi connectivity index (χ0n) is 10.1. The van der Waals surface area contributed by atoms with Crippen LogP contribution in [0, 0.1) is 11.3 Å². The standard InChI is InChI=1S/C12H17N3O/c1-11(2,12(3,4)16)15-10-7-5-6-9(8-13)14-10/h5-7,16H,1-4H3,(H,14,15). The van der Waals surface area contributed by atoms with Crippen molar-refractivity contribution in [2.24, 2.45) is 0 Å². The lowest BCUT2D eigenvalue weighted by Gasteiger charge is -2.38. The Morgan fingerprint density at radius 1 is 1.31 bits per heavy atom. The van der Waals surface area contributed by atoms with Crippen LogP contribution in [-0.2, 0) is 0 Å². The van der Waals surface area contributed by atoms with E-state index in [1.165, 1.54) is 0 Å². The quantitative estimate of drug-likeness (QED) is 0.814. The van der Waals surface area contributed by atoms with Crippen LogP contribution in [0.15, 0.2) is 18.2 Å². The molecular formula is C12H17N3O. The van der Waals surface area contributed by atoms with Crippen molar-refractivity contribution in [2.45, 2.75) is 38.8 Å². The molecule has 0 radical (unpaired) electrons.